The van der Waals surface area contributed by atoms with E-state index in [1.54, 1.807) is 34.6 Å². The maximum absolute atomic E-state index is 12.2. The molecule has 0 bridgehead atoms. The smallest absolute Gasteiger partial charge is 0.328 e. The Kier molecular flexibility index (Phi) is 4.88. The molecule has 0 saturated carbocycles. The summed E-state index contributed by atoms with van der Waals surface area (Å²) in [5.74, 6) is -1.19. The van der Waals surface area contributed by atoms with Crippen molar-refractivity contribution in [3.63, 3.8) is 0 Å². The quantitative estimate of drug-likeness (QED) is 0.805. The number of hydrogen-bond acceptors (Lipinski definition) is 5. The molecule has 0 aliphatic heterocycles. The number of H-pyrrole nitrogens is 1. The van der Waals surface area contributed by atoms with Gasteiger partial charge in [0.2, 0.25) is 0 Å². The second-order valence-corrected chi connectivity index (χ2v) is 5.87. The van der Waals surface area contributed by atoms with Gasteiger partial charge in [-0.25, -0.2) is 9.89 Å². The molecule has 1 atom stereocenters. The standard InChI is InChI=1S/C14H21N3O4/c1-7-8(2)16-17-12(19)10(7)11(18)15-9(3)13(20)21-14(4,5)6/h9H,1-6H3,(H,15,18)(H,17,19)/t9-/m0/s1. The first-order valence-corrected chi connectivity index (χ1v) is 6.62. The molecule has 7 nitrogen and oxygen atoms in total. The van der Waals surface area contributed by atoms with E-state index < -0.39 is 29.1 Å². The first-order valence-electron chi connectivity index (χ1n) is 6.62. The third-order valence-electron chi connectivity index (χ3n) is 2.80. The zero-order valence-electron chi connectivity index (χ0n) is 13.2. The van der Waals surface area contributed by atoms with Crippen LogP contribution in [0.2, 0.25) is 0 Å². The lowest BCUT2D eigenvalue weighted by Gasteiger charge is -2.22. The van der Waals surface area contributed by atoms with Crippen molar-refractivity contribution in [1.82, 2.24) is 15.5 Å². The van der Waals surface area contributed by atoms with Gasteiger partial charge < -0.3 is 10.1 Å². The average Bonchev–Trinajstić information content (AvgIpc) is 2.32. The number of nitrogens with zero attached hydrogens (tertiary/aromatic N) is 1. The summed E-state index contributed by atoms with van der Waals surface area (Å²) in [6.07, 6.45) is 0. The number of aromatic nitrogens is 2. The molecule has 0 fully saturated rings. The van der Waals surface area contributed by atoms with Crippen LogP contribution in [0, 0.1) is 13.8 Å². The van der Waals surface area contributed by atoms with Gasteiger partial charge in [0.1, 0.15) is 17.2 Å². The topological polar surface area (TPSA) is 101 Å². The van der Waals surface area contributed by atoms with E-state index in [1.807, 2.05) is 0 Å². The number of aryl methyl sites for hydroxylation is 1. The number of ether oxygens (including phenoxy) is 1. The molecule has 0 aliphatic rings. The number of nitrogens with one attached hydrogen (secondary N) is 2. The minimum absolute atomic E-state index is 0.0436. The minimum Gasteiger partial charge on any atom is -0.458 e. The van der Waals surface area contributed by atoms with E-state index >= 15 is 0 Å². The van der Waals surface area contributed by atoms with Gasteiger partial charge in [-0.3, -0.25) is 9.59 Å². The van der Waals surface area contributed by atoms with Crippen LogP contribution in [0.25, 0.3) is 0 Å². The minimum atomic E-state index is -0.857. The van der Waals surface area contributed by atoms with E-state index in [-0.39, 0.29) is 5.56 Å². The summed E-state index contributed by atoms with van der Waals surface area (Å²) < 4.78 is 5.17. The first-order chi connectivity index (χ1) is 9.53. The molecule has 1 rings (SSSR count). The Labute approximate surface area is 123 Å². The molecule has 1 aromatic heterocycles. The van der Waals surface area contributed by atoms with Crippen LogP contribution in [0.4, 0.5) is 0 Å². The molecule has 1 heterocycles. The second-order valence-electron chi connectivity index (χ2n) is 5.87. The van der Waals surface area contributed by atoms with Crippen LogP contribution < -0.4 is 10.9 Å². The van der Waals surface area contributed by atoms with Crippen molar-refractivity contribution in [2.24, 2.45) is 0 Å². The third-order valence-corrected chi connectivity index (χ3v) is 2.80. The van der Waals surface area contributed by atoms with Crippen LogP contribution in [0.3, 0.4) is 0 Å². The molecule has 116 valence electrons. The van der Waals surface area contributed by atoms with Gasteiger partial charge in [0.05, 0.1) is 5.69 Å². The van der Waals surface area contributed by atoms with Gasteiger partial charge >= 0.3 is 5.97 Å². The second kappa shape index (κ2) is 6.07. The Morgan fingerprint density at radius 3 is 2.38 bits per heavy atom. The fourth-order valence-electron chi connectivity index (χ4n) is 1.62. The Morgan fingerprint density at radius 1 is 1.29 bits per heavy atom. The number of aromatic amines is 1. The number of carbonyl (C=O) groups excluding carboxylic acids is 2. The van der Waals surface area contributed by atoms with Crippen molar-refractivity contribution in [1.29, 1.82) is 0 Å². The number of amides is 1. The highest BCUT2D eigenvalue weighted by Crippen LogP contribution is 2.09. The average molecular weight is 295 g/mol. The van der Waals surface area contributed by atoms with Crippen molar-refractivity contribution in [3.8, 4) is 0 Å². The molecule has 0 spiro atoms. The normalized spacial score (nSPS) is 12.7. The molecule has 0 saturated heterocycles. The Bertz CT molecular complexity index is 614. The molecule has 7 heteroatoms. The molecule has 0 radical (unpaired) electrons. The van der Waals surface area contributed by atoms with Crippen molar-refractivity contribution in [2.75, 3.05) is 0 Å². The summed E-state index contributed by atoms with van der Waals surface area (Å²) in [6, 6.07) is -0.857. The molecule has 0 aliphatic carbocycles. The summed E-state index contributed by atoms with van der Waals surface area (Å²) >= 11 is 0. The number of carbonyl (C=O) groups is 2. The predicted octanol–water partition coefficient (Wildman–Crippen LogP) is 0.847. The van der Waals surface area contributed by atoms with Crippen molar-refractivity contribution in [3.05, 3.63) is 27.2 Å². The lowest BCUT2D eigenvalue weighted by atomic mass is 10.1. The predicted molar refractivity (Wildman–Crippen MR) is 77.1 cm³/mol. The summed E-state index contributed by atoms with van der Waals surface area (Å²) in [7, 11) is 0. The van der Waals surface area contributed by atoms with Crippen molar-refractivity contribution >= 4 is 11.9 Å². The van der Waals surface area contributed by atoms with Gasteiger partial charge in [0, 0.05) is 0 Å². The van der Waals surface area contributed by atoms with Crippen LogP contribution in [0.15, 0.2) is 4.79 Å². The molecule has 21 heavy (non-hydrogen) atoms. The zero-order valence-corrected chi connectivity index (χ0v) is 13.2. The van der Waals surface area contributed by atoms with Crippen molar-refractivity contribution < 1.29 is 14.3 Å². The highest BCUT2D eigenvalue weighted by molar-refractivity contribution is 5.97. The van der Waals surface area contributed by atoms with Gasteiger partial charge in [0.15, 0.2) is 0 Å². The summed E-state index contributed by atoms with van der Waals surface area (Å²) in [5, 5.41) is 8.49. The van der Waals surface area contributed by atoms with Crippen LogP contribution in [-0.2, 0) is 9.53 Å². The third kappa shape index (κ3) is 4.40. The zero-order chi connectivity index (χ0) is 16.4. The number of rotatable bonds is 3. The molecule has 0 aromatic carbocycles. The van der Waals surface area contributed by atoms with Crippen LogP contribution in [0.5, 0.6) is 0 Å². The lowest BCUT2D eigenvalue weighted by Crippen LogP contribution is -2.44. The summed E-state index contributed by atoms with van der Waals surface area (Å²) in [5.41, 5.74) is -0.251. The van der Waals surface area contributed by atoms with Gasteiger partial charge in [-0.15, -0.1) is 0 Å². The Balaban J connectivity index is 2.90. The lowest BCUT2D eigenvalue weighted by molar-refractivity contribution is -0.156. The van der Waals surface area contributed by atoms with Gasteiger partial charge in [-0.1, -0.05) is 0 Å². The van der Waals surface area contributed by atoms with E-state index in [0.29, 0.717) is 11.3 Å². The fourth-order valence-corrected chi connectivity index (χ4v) is 1.62. The Morgan fingerprint density at radius 2 is 1.86 bits per heavy atom. The maximum Gasteiger partial charge on any atom is 0.328 e. The number of esters is 1. The highest BCUT2D eigenvalue weighted by Gasteiger charge is 2.25. The fraction of sp³-hybridized carbons (Fsp3) is 0.571. The maximum atomic E-state index is 12.2. The van der Waals surface area contributed by atoms with Gasteiger partial charge in [-0.2, -0.15) is 5.10 Å². The molecule has 1 aromatic rings. The first kappa shape index (κ1) is 16.9. The SMILES string of the molecule is Cc1n[nH]c(=O)c(C(=O)N[C@@H](C)C(=O)OC(C)(C)C)c1C. The monoisotopic (exact) mass is 295 g/mol. The molecular formula is C14H21N3O4. The van der Waals surface area contributed by atoms with Gasteiger partial charge in [-0.05, 0) is 47.1 Å². The van der Waals surface area contributed by atoms with Crippen LogP contribution in [-0.4, -0.2) is 33.7 Å². The van der Waals surface area contributed by atoms with E-state index in [4.69, 9.17) is 4.74 Å². The van der Waals surface area contributed by atoms with Gasteiger partial charge in [0.25, 0.3) is 11.5 Å². The van der Waals surface area contributed by atoms with Crippen molar-refractivity contribution in [2.45, 2.75) is 53.2 Å². The largest absolute Gasteiger partial charge is 0.458 e. The molecule has 1 amide bonds. The van der Waals surface area contributed by atoms with E-state index in [9.17, 15) is 14.4 Å². The molecule has 2 N–H and O–H groups in total. The summed E-state index contributed by atoms with van der Waals surface area (Å²) in [6.45, 7) is 10.0. The number of hydrogen-bond donors (Lipinski definition) is 2. The highest BCUT2D eigenvalue weighted by atomic mass is 16.6. The summed E-state index contributed by atoms with van der Waals surface area (Å²) in [4.78, 5) is 35.7. The Hall–Kier alpha value is -2.18. The molecule has 0 unspecified atom stereocenters. The van der Waals surface area contributed by atoms with Crippen LogP contribution in [0.1, 0.15) is 49.3 Å². The molecular weight excluding hydrogens is 274 g/mol. The van der Waals surface area contributed by atoms with E-state index in [0.717, 1.165) is 0 Å². The van der Waals surface area contributed by atoms with Crippen LogP contribution >= 0.6 is 0 Å². The van der Waals surface area contributed by atoms with E-state index in [2.05, 4.69) is 15.5 Å². The van der Waals surface area contributed by atoms with E-state index in [1.165, 1.54) is 6.92 Å².